The van der Waals surface area contributed by atoms with E-state index < -0.39 is 46.5 Å². The molecule has 2 amide bonds. The summed E-state index contributed by atoms with van der Waals surface area (Å²) in [5.74, 6) is -2.44. The normalized spacial score (nSPS) is 23.9. The molecule has 4 atom stereocenters. The topological polar surface area (TPSA) is 128 Å². The van der Waals surface area contributed by atoms with Crippen LogP contribution in [0, 0.1) is 12.8 Å². The van der Waals surface area contributed by atoms with Crippen LogP contribution in [0.3, 0.4) is 0 Å². The van der Waals surface area contributed by atoms with Gasteiger partial charge in [0.2, 0.25) is 0 Å². The van der Waals surface area contributed by atoms with Crippen molar-refractivity contribution < 1.29 is 19.4 Å². The molecule has 11 heteroatoms. The number of hydrazine groups is 1. The number of nitrogens with one attached hydrogen (secondary N) is 1. The zero-order chi connectivity index (χ0) is 30.9. The number of aryl methyl sites for hydroxylation is 1. The number of aromatic nitrogens is 3. The van der Waals surface area contributed by atoms with Crippen molar-refractivity contribution in [2.45, 2.75) is 37.3 Å². The molecule has 2 fully saturated rings. The highest BCUT2D eigenvalue weighted by molar-refractivity contribution is 6.12. The number of phenolic OH excluding ortho intramolecular Hbond substituents is 1. The number of aromatic hydroxyl groups is 1. The summed E-state index contributed by atoms with van der Waals surface area (Å²) >= 11 is 0. The van der Waals surface area contributed by atoms with Gasteiger partial charge in [0.1, 0.15) is 0 Å². The Bertz CT molecular complexity index is 1970. The van der Waals surface area contributed by atoms with E-state index in [1.165, 1.54) is 23.5 Å². The number of anilines is 1. The molecule has 1 aromatic heterocycles. The number of benzene rings is 3. The van der Waals surface area contributed by atoms with Crippen molar-refractivity contribution in [2.24, 2.45) is 13.0 Å². The van der Waals surface area contributed by atoms with Crippen LogP contribution in [0.4, 0.5) is 5.69 Å². The minimum Gasteiger partial charge on any atom is -0.504 e. The summed E-state index contributed by atoms with van der Waals surface area (Å²) in [6, 6.07) is 20.8. The van der Waals surface area contributed by atoms with Crippen molar-refractivity contribution >= 4 is 17.5 Å². The number of imide groups is 1. The molecule has 4 unspecified atom stereocenters. The van der Waals surface area contributed by atoms with Crippen LogP contribution in [0.2, 0.25) is 0 Å². The number of hydrogen-bond donors (Lipinski definition) is 2. The Kier molecular flexibility index (Phi) is 6.17. The maximum atomic E-state index is 15.0. The standard InChI is InChI=1S/C33H31N5O6/c1-19-9-12-22(13-10-19)34-37-29(40)24-18-25-23(15-16-36-31(42)35(2)32(43)38(25)36)28(20-11-14-27(44-3)26(39)17-20)33(24,30(37)41)21-7-5-4-6-8-21/h4-15,17,24-25,28,34,39H,16,18H2,1-3H3. The van der Waals surface area contributed by atoms with E-state index in [2.05, 4.69) is 5.43 Å². The monoisotopic (exact) mass is 593 g/mol. The molecule has 0 bridgehead atoms. The molecule has 3 aromatic carbocycles. The van der Waals surface area contributed by atoms with E-state index in [1.54, 1.807) is 30.3 Å². The zero-order valence-electron chi connectivity index (χ0n) is 24.4. The number of rotatable bonds is 5. The van der Waals surface area contributed by atoms with E-state index >= 15 is 0 Å². The molecule has 0 spiro atoms. The summed E-state index contributed by atoms with van der Waals surface area (Å²) in [7, 11) is 2.88. The maximum Gasteiger partial charge on any atom is 0.347 e. The van der Waals surface area contributed by atoms with Crippen LogP contribution < -0.4 is 21.5 Å². The molecule has 224 valence electrons. The zero-order valence-corrected chi connectivity index (χ0v) is 24.4. The van der Waals surface area contributed by atoms with Gasteiger partial charge in [-0.15, -0.1) is 0 Å². The SMILES string of the molecule is COc1ccc(C2C3=CCn4c(=O)n(C)c(=O)n4C3CC3C(=O)N(Nc4ccc(C)cc4)C(=O)C32c2ccccc2)cc1O. The third kappa shape index (κ3) is 3.68. The Hall–Kier alpha value is -5.32. The molecule has 3 heterocycles. The second-order valence-electron chi connectivity index (χ2n) is 11.6. The van der Waals surface area contributed by atoms with Crippen molar-refractivity contribution in [3.05, 3.63) is 122 Å². The lowest BCUT2D eigenvalue weighted by molar-refractivity contribution is -0.138. The van der Waals surface area contributed by atoms with Crippen LogP contribution in [0.15, 0.2) is 94.0 Å². The highest BCUT2D eigenvalue weighted by atomic mass is 16.5. The van der Waals surface area contributed by atoms with Gasteiger partial charge in [-0.1, -0.05) is 60.2 Å². The second-order valence-corrected chi connectivity index (χ2v) is 11.6. The predicted molar refractivity (Wildman–Crippen MR) is 161 cm³/mol. The third-order valence-corrected chi connectivity index (χ3v) is 9.38. The number of nitrogens with zero attached hydrogens (tertiary/aromatic N) is 4. The summed E-state index contributed by atoms with van der Waals surface area (Å²) in [6.07, 6.45) is 1.99. The predicted octanol–water partition coefficient (Wildman–Crippen LogP) is 2.99. The van der Waals surface area contributed by atoms with Gasteiger partial charge in [0.25, 0.3) is 11.8 Å². The van der Waals surface area contributed by atoms with Gasteiger partial charge in [-0.3, -0.25) is 15.0 Å². The van der Waals surface area contributed by atoms with Gasteiger partial charge in [-0.25, -0.2) is 23.5 Å². The van der Waals surface area contributed by atoms with E-state index in [0.29, 0.717) is 16.8 Å². The number of ether oxygens (including phenoxy) is 1. The molecule has 7 rings (SSSR count). The maximum absolute atomic E-state index is 15.0. The number of carbonyl (C=O) groups excluding carboxylic acids is 2. The number of fused-ring (bicyclic) bond motifs is 4. The summed E-state index contributed by atoms with van der Waals surface area (Å²) in [6.45, 7) is 2.06. The Morgan fingerprint density at radius 2 is 1.68 bits per heavy atom. The molecule has 2 N–H and O–H groups in total. The first-order chi connectivity index (χ1) is 21.2. The minimum atomic E-state index is -1.43. The van der Waals surface area contributed by atoms with Gasteiger partial charge in [-0.05, 0) is 54.3 Å². The molecule has 1 aliphatic carbocycles. The Labute approximate surface area is 252 Å². The molecule has 11 nitrogen and oxygen atoms in total. The van der Waals surface area contributed by atoms with Crippen molar-refractivity contribution in [3.63, 3.8) is 0 Å². The Balaban J connectivity index is 1.50. The fourth-order valence-corrected chi connectivity index (χ4v) is 7.38. The minimum absolute atomic E-state index is 0.110. The summed E-state index contributed by atoms with van der Waals surface area (Å²) in [5, 5.41) is 12.0. The van der Waals surface area contributed by atoms with Crippen molar-refractivity contribution in [1.29, 1.82) is 0 Å². The first-order valence-electron chi connectivity index (χ1n) is 14.4. The molecule has 1 saturated heterocycles. The van der Waals surface area contributed by atoms with Gasteiger partial charge in [0.05, 0.1) is 36.7 Å². The number of amides is 2. The van der Waals surface area contributed by atoms with E-state index in [1.807, 2.05) is 55.5 Å². The molecule has 0 radical (unpaired) electrons. The lowest BCUT2D eigenvalue weighted by Gasteiger charge is -2.49. The molecule has 3 aliphatic rings. The van der Waals surface area contributed by atoms with Crippen LogP contribution in [0.5, 0.6) is 11.5 Å². The van der Waals surface area contributed by atoms with Crippen LogP contribution in [-0.2, 0) is 28.6 Å². The van der Waals surface area contributed by atoms with Crippen LogP contribution in [0.1, 0.15) is 35.1 Å². The van der Waals surface area contributed by atoms with Crippen LogP contribution in [0.25, 0.3) is 0 Å². The van der Waals surface area contributed by atoms with Gasteiger partial charge >= 0.3 is 11.4 Å². The van der Waals surface area contributed by atoms with E-state index in [0.717, 1.165) is 20.7 Å². The smallest absolute Gasteiger partial charge is 0.347 e. The summed E-state index contributed by atoms with van der Waals surface area (Å²) < 4.78 is 9.15. The lowest BCUT2D eigenvalue weighted by Crippen LogP contribution is -2.53. The quantitative estimate of drug-likeness (QED) is 0.269. The average molecular weight is 594 g/mol. The second kappa shape index (κ2) is 9.87. The number of methoxy groups -OCH3 is 1. The third-order valence-electron chi connectivity index (χ3n) is 9.38. The van der Waals surface area contributed by atoms with Gasteiger partial charge in [0.15, 0.2) is 11.5 Å². The largest absolute Gasteiger partial charge is 0.504 e. The lowest BCUT2D eigenvalue weighted by atomic mass is 9.53. The van der Waals surface area contributed by atoms with Crippen LogP contribution in [-0.4, -0.2) is 43.0 Å². The van der Waals surface area contributed by atoms with Crippen molar-refractivity contribution in [1.82, 2.24) is 18.9 Å². The highest BCUT2D eigenvalue weighted by Crippen LogP contribution is 2.62. The number of phenols is 1. The molecular formula is C33H31N5O6. The number of hydrogen-bond acceptors (Lipinski definition) is 7. The van der Waals surface area contributed by atoms with E-state index in [4.69, 9.17) is 4.74 Å². The van der Waals surface area contributed by atoms with E-state index in [9.17, 15) is 24.3 Å². The first-order valence-corrected chi connectivity index (χ1v) is 14.4. The molecule has 1 saturated carbocycles. The first kappa shape index (κ1) is 27.5. The van der Waals surface area contributed by atoms with Gasteiger partial charge in [-0.2, -0.15) is 5.01 Å². The fourth-order valence-electron chi connectivity index (χ4n) is 7.38. The van der Waals surface area contributed by atoms with Crippen molar-refractivity contribution in [3.8, 4) is 11.5 Å². The van der Waals surface area contributed by atoms with E-state index in [-0.39, 0.29) is 24.5 Å². The highest BCUT2D eigenvalue weighted by Gasteiger charge is 2.68. The molecule has 44 heavy (non-hydrogen) atoms. The summed E-state index contributed by atoms with van der Waals surface area (Å²) in [5.41, 5.74) is 4.21. The summed E-state index contributed by atoms with van der Waals surface area (Å²) in [4.78, 5) is 55.9. The average Bonchev–Trinajstić information content (AvgIpc) is 3.39. The molecule has 4 aromatic rings. The van der Waals surface area contributed by atoms with Gasteiger partial charge < -0.3 is 9.84 Å². The molecule has 2 aliphatic heterocycles. The Morgan fingerprint density at radius 3 is 2.36 bits per heavy atom. The molecular weight excluding hydrogens is 562 g/mol. The van der Waals surface area contributed by atoms with Crippen LogP contribution >= 0.6 is 0 Å². The van der Waals surface area contributed by atoms with Crippen molar-refractivity contribution in [2.75, 3.05) is 12.5 Å². The fraction of sp³-hybridized carbons (Fsp3) is 0.273. The Morgan fingerprint density at radius 1 is 0.955 bits per heavy atom. The van der Waals surface area contributed by atoms with Gasteiger partial charge in [0, 0.05) is 13.0 Å². The number of carbonyl (C=O) groups is 2. The number of allylic oxidation sites excluding steroid dienone is 2.